The second-order valence-electron chi connectivity index (χ2n) is 3.85. The maximum Gasteiger partial charge on any atom is 0.147 e. The molecule has 1 saturated heterocycles. The number of nitrogens with two attached hydrogens (primary N) is 1. The van der Waals surface area contributed by atoms with Crippen LogP contribution in [-0.2, 0) is 0 Å². The van der Waals surface area contributed by atoms with Gasteiger partial charge >= 0.3 is 0 Å². The van der Waals surface area contributed by atoms with Gasteiger partial charge in [-0.05, 0) is 12.8 Å². The molecule has 1 fully saturated rings. The molecule has 2 rings (SSSR count). The van der Waals surface area contributed by atoms with Gasteiger partial charge in [0.25, 0.3) is 0 Å². The Morgan fingerprint density at radius 2 is 2.38 bits per heavy atom. The van der Waals surface area contributed by atoms with Gasteiger partial charge in [0, 0.05) is 6.54 Å². The fourth-order valence-electron chi connectivity index (χ4n) is 1.94. The Labute approximate surface area is 93.6 Å². The highest BCUT2D eigenvalue weighted by molar-refractivity contribution is 5.92. The minimum atomic E-state index is -0.0841. The molecule has 4 N–H and O–H groups in total. The lowest BCUT2D eigenvalue weighted by Gasteiger charge is -2.23. The van der Waals surface area contributed by atoms with Crippen molar-refractivity contribution in [3.63, 3.8) is 0 Å². The van der Waals surface area contributed by atoms with E-state index in [2.05, 4.69) is 9.97 Å². The number of hydrogen-bond acceptors (Lipinski definition) is 5. The number of nitrogens with one attached hydrogen (secondary N) is 1. The summed E-state index contributed by atoms with van der Waals surface area (Å²) in [6.45, 7) is 1.02. The summed E-state index contributed by atoms with van der Waals surface area (Å²) in [5, 5.41) is 16.4. The summed E-state index contributed by atoms with van der Waals surface area (Å²) in [5.41, 5.74) is 5.68. The zero-order chi connectivity index (χ0) is 11.5. The molecule has 0 bridgehead atoms. The largest absolute Gasteiger partial charge is 0.394 e. The second-order valence-corrected chi connectivity index (χ2v) is 3.85. The zero-order valence-electron chi connectivity index (χ0n) is 8.93. The highest BCUT2D eigenvalue weighted by atomic mass is 16.3. The highest BCUT2D eigenvalue weighted by Gasteiger charge is 2.24. The molecule has 0 amide bonds. The lowest BCUT2D eigenvalue weighted by Crippen LogP contribution is -2.33. The molecule has 1 aromatic rings. The molecular weight excluding hydrogens is 206 g/mol. The number of amidine groups is 1. The van der Waals surface area contributed by atoms with Crippen molar-refractivity contribution in [1.29, 1.82) is 5.41 Å². The van der Waals surface area contributed by atoms with Gasteiger partial charge in [-0.3, -0.25) is 5.41 Å². The first-order valence-corrected chi connectivity index (χ1v) is 5.26. The van der Waals surface area contributed by atoms with E-state index in [1.807, 2.05) is 4.90 Å². The first-order chi connectivity index (χ1) is 7.72. The molecule has 1 unspecified atom stereocenters. The minimum Gasteiger partial charge on any atom is -0.394 e. The maximum atomic E-state index is 9.20. The maximum absolute atomic E-state index is 9.20. The molecule has 1 aromatic heterocycles. The smallest absolute Gasteiger partial charge is 0.147 e. The van der Waals surface area contributed by atoms with Crippen molar-refractivity contribution in [2.45, 2.75) is 18.9 Å². The Hall–Kier alpha value is -1.69. The Balaban J connectivity index is 2.18. The van der Waals surface area contributed by atoms with Crippen LogP contribution in [0.4, 0.5) is 5.82 Å². The standard InChI is InChI=1S/C10H15N5O/c11-10(12)8-4-14-9(5-13-8)15-3-1-2-7(15)6-16/h4-5,7,16H,1-3,6H2,(H3,11,12). The van der Waals surface area contributed by atoms with E-state index < -0.39 is 0 Å². The number of hydrogen-bond donors (Lipinski definition) is 3. The van der Waals surface area contributed by atoms with Crippen molar-refractivity contribution in [3.05, 3.63) is 18.1 Å². The van der Waals surface area contributed by atoms with Crippen molar-refractivity contribution in [2.24, 2.45) is 5.73 Å². The van der Waals surface area contributed by atoms with Gasteiger partial charge in [0.05, 0.1) is 25.0 Å². The number of anilines is 1. The summed E-state index contributed by atoms with van der Waals surface area (Å²) in [7, 11) is 0. The zero-order valence-corrected chi connectivity index (χ0v) is 8.93. The molecule has 86 valence electrons. The molecule has 1 aliphatic heterocycles. The molecule has 6 heteroatoms. The molecular formula is C10H15N5O. The molecule has 6 nitrogen and oxygen atoms in total. The van der Waals surface area contributed by atoms with Crippen LogP contribution in [0.15, 0.2) is 12.4 Å². The fraction of sp³-hybridized carbons (Fsp3) is 0.500. The van der Waals surface area contributed by atoms with Crippen LogP contribution in [-0.4, -0.2) is 40.1 Å². The summed E-state index contributed by atoms with van der Waals surface area (Å²) in [6, 6.07) is 0.137. The first kappa shape index (κ1) is 10.8. The Bertz CT molecular complexity index is 377. The lowest BCUT2D eigenvalue weighted by atomic mass is 10.2. The summed E-state index contributed by atoms with van der Waals surface area (Å²) in [6.07, 6.45) is 5.13. The SMILES string of the molecule is N=C(N)c1cnc(N2CCCC2CO)cn1. The van der Waals surface area contributed by atoms with Crippen LogP contribution in [0.5, 0.6) is 0 Å². The highest BCUT2D eigenvalue weighted by Crippen LogP contribution is 2.22. The Morgan fingerprint density at radius 1 is 1.56 bits per heavy atom. The second kappa shape index (κ2) is 4.44. The molecule has 0 radical (unpaired) electrons. The van der Waals surface area contributed by atoms with Crippen molar-refractivity contribution in [3.8, 4) is 0 Å². The lowest BCUT2D eigenvalue weighted by molar-refractivity contribution is 0.266. The van der Waals surface area contributed by atoms with E-state index in [4.69, 9.17) is 11.1 Å². The molecule has 1 atom stereocenters. The summed E-state index contributed by atoms with van der Waals surface area (Å²) < 4.78 is 0. The van der Waals surface area contributed by atoms with E-state index in [-0.39, 0.29) is 18.5 Å². The van der Waals surface area contributed by atoms with Gasteiger partial charge in [-0.1, -0.05) is 0 Å². The normalized spacial score (nSPS) is 20.1. The molecule has 0 aromatic carbocycles. The van der Waals surface area contributed by atoms with E-state index in [9.17, 15) is 5.11 Å². The van der Waals surface area contributed by atoms with Gasteiger partial charge in [-0.25, -0.2) is 9.97 Å². The molecule has 16 heavy (non-hydrogen) atoms. The van der Waals surface area contributed by atoms with Crippen molar-refractivity contribution in [2.75, 3.05) is 18.1 Å². The van der Waals surface area contributed by atoms with E-state index in [1.165, 1.54) is 6.20 Å². The summed E-state index contributed by atoms with van der Waals surface area (Å²) in [4.78, 5) is 10.3. The number of aliphatic hydroxyl groups excluding tert-OH is 1. The van der Waals surface area contributed by atoms with E-state index in [1.54, 1.807) is 6.20 Å². The van der Waals surface area contributed by atoms with Crippen LogP contribution < -0.4 is 10.6 Å². The molecule has 0 saturated carbocycles. The topological polar surface area (TPSA) is 99.1 Å². The van der Waals surface area contributed by atoms with Crippen LogP contribution in [0.3, 0.4) is 0 Å². The average Bonchev–Trinajstić information content (AvgIpc) is 2.77. The Morgan fingerprint density at radius 3 is 2.94 bits per heavy atom. The third kappa shape index (κ3) is 1.96. The van der Waals surface area contributed by atoms with Crippen LogP contribution in [0, 0.1) is 5.41 Å². The van der Waals surface area contributed by atoms with Crippen molar-refractivity contribution in [1.82, 2.24) is 9.97 Å². The Kier molecular flexibility index (Phi) is 3.00. The predicted molar refractivity (Wildman–Crippen MR) is 60.5 cm³/mol. The molecule has 2 heterocycles. The number of nitrogens with zero attached hydrogens (tertiary/aromatic N) is 3. The van der Waals surface area contributed by atoms with Gasteiger partial charge in [-0.2, -0.15) is 0 Å². The van der Waals surface area contributed by atoms with Gasteiger partial charge in [0.2, 0.25) is 0 Å². The third-order valence-corrected chi connectivity index (χ3v) is 2.80. The van der Waals surface area contributed by atoms with Gasteiger partial charge in [0.1, 0.15) is 17.3 Å². The fourth-order valence-corrected chi connectivity index (χ4v) is 1.94. The number of aliphatic hydroxyl groups is 1. The van der Waals surface area contributed by atoms with E-state index in [0.717, 1.165) is 25.2 Å². The molecule has 0 spiro atoms. The van der Waals surface area contributed by atoms with Gasteiger partial charge < -0.3 is 15.7 Å². The quantitative estimate of drug-likeness (QED) is 0.481. The van der Waals surface area contributed by atoms with Crippen LogP contribution in [0.25, 0.3) is 0 Å². The van der Waals surface area contributed by atoms with Gasteiger partial charge in [-0.15, -0.1) is 0 Å². The number of nitrogen functional groups attached to an aromatic ring is 1. The third-order valence-electron chi connectivity index (χ3n) is 2.80. The van der Waals surface area contributed by atoms with Crippen molar-refractivity contribution < 1.29 is 5.11 Å². The molecule has 0 aliphatic carbocycles. The average molecular weight is 221 g/mol. The van der Waals surface area contributed by atoms with Gasteiger partial charge in [0.15, 0.2) is 0 Å². The van der Waals surface area contributed by atoms with E-state index >= 15 is 0 Å². The number of aromatic nitrogens is 2. The summed E-state index contributed by atoms with van der Waals surface area (Å²) in [5.74, 6) is 0.653. The van der Waals surface area contributed by atoms with Crippen LogP contribution in [0.1, 0.15) is 18.5 Å². The summed E-state index contributed by atoms with van der Waals surface area (Å²) >= 11 is 0. The predicted octanol–water partition coefficient (Wildman–Crippen LogP) is -0.278. The monoisotopic (exact) mass is 221 g/mol. The number of rotatable bonds is 3. The van der Waals surface area contributed by atoms with Crippen LogP contribution in [0.2, 0.25) is 0 Å². The van der Waals surface area contributed by atoms with E-state index in [0.29, 0.717) is 5.69 Å². The van der Waals surface area contributed by atoms with Crippen LogP contribution >= 0.6 is 0 Å². The van der Waals surface area contributed by atoms with Crippen molar-refractivity contribution >= 4 is 11.7 Å². The minimum absolute atomic E-state index is 0.0841. The first-order valence-electron chi connectivity index (χ1n) is 5.26. The molecule has 1 aliphatic rings.